The predicted octanol–water partition coefficient (Wildman–Crippen LogP) is 2.92. The van der Waals surface area contributed by atoms with Gasteiger partial charge in [0.2, 0.25) is 0 Å². The van der Waals surface area contributed by atoms with Gasteiger partial charge >= 0.3 is 0 Å². The molecule has 0 amide bonds. The molecule has 4 N–H and O–H groups in total. The minimum Gasteiger partial charge on any atom is -0.363 e. The third-order valence-corrected chi connectivity index (χ3v) is 4.27. The fourth-order valence-corrected chi connectivity index (χ4v) is 3.40. The van der Waals surface area contributed by atoms with Gasteiger partial charge in [-0.25, -0.2) is 10.8 Å². The maximum absolute atomic E-state index is 5.37. The molecule has 2 heterocycles. The molecule has 94 valence electrons. The molecule has 0 spiro atoms. The average Bonchev–Trinajstić information content (AvgIpc) is 2.88. The van der Waals surface area contributed by atoms with Gasteiger partial charge in [-0.15, -0.1) is 11.3 Å². The molecule has 1 atom stereocenters. The second kappa shape index (κ2) is 4.96. The zero-order chi connectivity index (χ0) is 12.4. The van der Waals surface area contributed by atoms with Crippen LogP contribution < -0.4 is 16.6 Å². The van der Waals surface area contributed by atoms with Gasteiger partial charge in [-0.05, 0) is 48.4 Å². The molecule has 4 nitrogen and oxygen atoms in total. The Kier molecular flexibility index (Phi) is 3.17. The molecule has 0 radical (unpaired) electrons. The number of hydrogen-bond donors (Lipinski definition) is 3. The number of thiophene rings is 1. The summed E-state index contributed by atoms with van der Waals surface area (Å²) in [5, 5.41) is 5.67. The van der Waals surface area contributed by atoms with E-state index in [1.165, 1.54) is 23.3 Å². The van der Waals surface area contributed by atoms with Gasteiger partial charge in [0.15, 0.2) is 0 Å². The fraction of sp³-hybridized carbons (Fsp3) is 0.308. The molecule has 2 aromatic heterocycles. The number of hydrogen-bond acceptors (Lipinski definition) is 5. The summed E-state index contributed by atoms with van der Waals surface area (Å²) in [4.78, 5) is 5.91. The second-order valence-corrected chi connectivity index (χ2v) is 5.44. The largest absolute Gasteiger partial charge is 0.363 e. The molecule has 0 aliphatic heterocycles. The monoisotopic (exact) mass is 260 g/mol. The molecule has 3 rings (SSSR count). The van der Waals surface area contributed by atoms with Crippen LogP contribution in [-0.4, -0.2) is 4.98 Å². The van der Waals surface area contributed by atoms with Crippen LogP contribution in [0.4, 0.5) is 11.6 Å². The first-order chi connectivity index (χ1) is 8.86. The van der Waals surface area contributed by atoms with Gasteiger partial charge < -0.3 is 10.7 Å². The first-order valence-electron chi connectivity index (χ1n) is 6.13. The van der Waals surface area contributed by atoms with Gasteiger partial charge in [-0.3, -0.25) is 0 Å². The van der Waals surface area contributed by atoms with Crippen molar-refractivity contribution in [3.05, 3.63) is 40.1 Å². The summed E-state index contributed by atoms with van der Waals surface area (Å²) < 4.78 is 0. The Labute approximate surface area is 110 Å². The van der Waals surface area contributed by atoms with Gasteiger partial charge in [0.1, 0.15) is 11.6 Å². The minimum absolute atomic E-state index is 0.375. The summed E-state index contributed by atoms with van der Waals surface area (Å²) in [6.07, 6.45) is 3.61. The lowest BCUT2D eigenvalue weighted by atomic mass is 9.94. The van der Waals surface area contributed by atoms with Crippen molar-refractivity contribution < 1.29 is 0 Å². The third kappa shape index (κ3) is 2.19. The molecule has 2 aromatic rings. The maximum atomic E-state index is 5.37. The number of fused-ring (bicyclic) bond motifs is 1. The SMILES string of the molecule is NNc1cccc(NC2CCCc3sccc32)n1. The van der Waals surface area contributed by atoms with Crippen molar-refractivity contribution in [1.29, 1.82) is 0 Å². The lowest BCUT2D eigenvalue weighted by molar-refractivity contribution is 0.607. The molecule has 5 heteroatoms. The van der Waals surface area contributed by atoms with Crippen LogP contribution in [0.5, 0.6) is 0 Å². The van der Waals surface area contributed by atoms with E-state index < -0.39 is 0 Å². The predicted molar refractivity (Wildman–Crippen MR) is 75.7 cm³/mol. The van der Waals surface area contributed by atoms with Crippen LogP contribution in [0.1, 0.15) is 29.3 Å². The van der Waals surface area contributed by atoms with Gasteiger partial charge in [-0.2, -0.15) is 0 Å². The standard InChI is InChI=1S/C13H16N4S/c14-17-13-6-2-5-12(16-13)15-10-3-1-4-11-9(10)7-8-18-11/h2,5-8,10H,1,3-4,14H2,(H2,15,16,17). The van der Waals surface area contributed by atoms with E-state index >= 15 is 0 Å². The van der Waals surface area contributed by atoms with Crippen LogP contribution >= 0.6 is 11.3 Å². The maximum Gasteiger partial charge on any atom is 0.142 e. The molecule has 0 bridgehead atoms. The molecule has 0 fully saturated rings. The Bertz CT molecular complexity index is 537. The highest BCUT2D eigenvalue weighted by atomic mass is 32.1. The van der Waals surface area contributed by atoms with Gasteiger partial charge in [-0.1, -0.05) is 6.07 Å². The Morgan fingerprint density at radius 1 is 1.28 bits per heavy atom. The zero-order valence-corrected chi connectivity index (χ0v) is 10.8. The van der Waals surface area contributed by atoms with E-state index in [1.54, 1.807) is 0 Å². The number of pyridine rings is 1. The van der Waals surface area contributed by atoms with Crippen molar-refractivity contribution in [3.8, 4) is 0 Å². The summed E-state index contributed by atoms with van der Waals surface area (Å²) in [6.45, 7) is 0. The fourth-order valence-electron chi connectivity index (χ4n) is 2.41. The summed E-state index contributed by atoms with van der Waals surface area (Å²) in [5.41, 5.74) is 4.00. The number of rotatable bonds is 3. The molecule has 0 saturated heterocycles. The number of aromatic nitrogens is 1. The van der Waals surface area contributed by atoms with Crippen molar-refractivity contribution in [3.63, 3.8) is 0 Å². The molecule has 0 aromatic carbocycles. The highest BCUT2D eigenvalue weighted by molar-refractivity contribution is 7.10. The second-order valence-electron chi connectivity index (χ2n) is 4.44. The Hall–Kier alpha value is -1.59. The van der Waals surface area contributed by atoms with Crippen LogP contribution in [0.25, 0.3) is 0 Å². The number of nitrogens with one attached hydrogen (secondary N) is 2. The van der Waals surface area contributed by atoms with Crippen LogP contribution in [0.15, 0.2) is 29.6 Å². The molecule has 0 saturated carbocycles. The van der Waals surface area contributed by atoms with Crippen molar-refractivity contribution in [1.82, 2.24) is 4.98 Å². The van der Waals surface area contributed by atoms with Crippen LogP contribution in [0.2, 0.25) is 0 Å². The molecule has 1 aliphatic rings. The molecule has 1 aliphatic carbocycles. The van der Waals surface area contributed by atoms with Gasteiger partial charge in [0, 0.05) is 4.88 Å². The quantitative estimate of drug-likeness (QED) is 0.586. The number of nitrogens with two attached hydrogens (primary N) is 1. The van der Waals surface area contributed by atoms with Crippen LogP contribution in [0, 0.1) is 0 Å². The van der Waals surface area contributed by atoms with Crippen LogP contribution in [0.3, 0.4) is 0 Å². The number of hydrazine groups is 1. The summed E-state index contributed by atoms with van der Waals surface area (Å²) >= 11 is 1.85. The van der Waals surface area contributed by atoms with E-state index in [1.807, 2.05) is 29.5 Å². The van der Waals surface area contributed by atoms with E-state index in [-0.39, 0.29) is 0 Å². The number of nitrogens with zero attached hydrogens (tertiary/aromatic N) is 1. The highest BCUT2D eigenvalue weighted by Crippen LogP contribution is 2.35. The Balaban J connectivity index is 1.81. The molecular formula is C13H16N4S. The van der Waals surface area contributed by atoms with E-state index in [9.17, 15) is 0 Å². The molecular weight excluding hydrogens is 244 g/mol. The number of anilines is 2. The van der Waals surface area contributed by atoms with E-state index in [2.05, 4.69) is 27.2 Å². The highest BCUT2D eigenvalue weighted by Gasteiger charge is 2.21. The van der Waals surface area contributed by atoms with Crippen molar-refractivity contribution >= 4 is 23.0 Å². The normalized spacial score (nSPS) is 18.2. The van der Waals surface area contributed by atoms with Crippen molar-refractivity contribution in [2.24, 2.45) is 5.84 Å². The lowest BCUT2D eigenvalue weighted by Gasteiger charge is -2.24. The zero-order valence-electron chi connectivity index (χ0n) is 10.0. The topological polar surface area (TPSA) is 63.0 Å². The molecule has 18 heavy (non-hydrogen) atoms. The smallest absolute Gasteiger partial charge is 0.142 e. The van der Waals surface area contributed by atoms with Crippen molar-refractivity contribution in [2.45, 2.75) is 25.3 Å². The van der Waals surface area contributed by atoms with Gasteiger partial charge in [0.05, 0.1) is 6.04 Å². The Morgan fingerprint density at radius 3 is 3.06 bits per heavy atom. The van der Waals surface area contributed by atoms with Crippen LogP contribution in [-0.2, 0) is 6.42 Å². The first-order valence-corrected chi connectivity index (χ1v) is 7.01. The lowest BCUT2D eigenvalue weighted by Crippen LogP contribution is -2.17. The average molecular weight is 260 g/mol. The first kappa shape index (κ1) is 11.5. The number of aryl methyl sites for hydroxylation is 1. The summed E-state index contributed by atoms with van der Waals surface area (Å²) in [7, 11) is 0. The third-order valence-electron chi connectivity index (χ3n) is 3.27. The Morgan fingerprint density at radius 2 is 2.17 bits per heavy atom. The van der Waals surface area contributed by atoms with E-state index in [0.29, 0.717) is 11.9 Å². The van der Waals surface area contributed by atoms with E-state index in [0.717, 1.165) is 12.2 Å². The summed E-state index contributed by atoms with van der Waals surface area (Å²) in [6, 6.07) is 8.37. The molecule has 1 unspecified atom stereocenters. The van der Waals surface area contributed by atoms with Gasteiger partial charge in [0.25, 0.3) is 0 Å². The number of nitrogen functional groups attached to an aromatic ring is 1. The van der Waals surface area contributed by atoms with Crippen molar-refractivity contribution in [2.75, 3.05) is 10.7 Å². The van der Waals surface area contributed by atoms with E-state index in [4.69, 9.17) is 5.84 Å². The minimum atomic E-state index is 0.375. The summed E-state index contributed by atoms with van der Waals surface area (Å²) in [5.74, 6) is 6.93.